The first kappa shape index (κ1) is 24.9. The van der Waals surface area contributed by atoms with Crippen LogP contribution in [-0.4, -0.2) is 32.6 Å². The summed E-state index contributed by atoms with van der Waals surface area (Å²) in [6.07, 6.45) is 0.153. The number of carbonyl (C=O) groups excluding carboxylic acids is 1. The normalized spacial score (nSPS) is 17.6. The maximum absolute atomic E-state index is 13.1. The van der Waals surface area contributed by atoms with Gasteiger partial charge in [-0.15, -0.1) is 0 Å². The predicted molar refractivity (Wildman–Crippen MR) is 135 cm³/mol. The van der Waals surface area contributed by atoms with Crippen molar-refractivity contribution in [1.82, 2.24) is 4.72 Å². The molecule has 0 saturated heterocycles. The van der Waals surface area contributed by atoms with Crippen molar-refractivity contribution in [3.63, 3.8) is 0 Å². The van der Waals surface area contributed by atoms with E-state index in [1.165, 1.54) is 7.11 Å². The molecule has 8 heteroatoms. The maximum Gasteiger partial charge on any atom is 0.255 e. The number of hydrogen-bond donors (Lipinski definition) is 3. The molecule has 7 nitrogen and oxygen atoms in total. The molecule has 184 valence electrons. The molecule has 1 aliphatic rings. The molecule has 1 amide bonds. The van der Waals surface area contributed by atoms with Crippen LogP contribution in [0.2, 0.25) is 0 Å². The van der Waals surface area contributed by atoms with E-state index in [0.717, 1.165) is 11.1 Å². The molecule has 0 fully saturated rings. The first-order chi connectivity index (χ1) is 16.7. The number of rotatable bonds is 7. The summed E-state index contributed by atoms with van der Waals surface area (Å²) in [5, 5.41) is 13.6. The van der Waals surface area contributed by atoms with E-state index in [2.05, 4.69) is 10.0 Å². The van der Waals surface area contributed by atoms with Gasteiger partial charge in [0.25, 0.3) is 5.91 Å². The van der Waals surface area contributed by atoms with Gasteiger partial charge in [-0.05, 0) is 77.9 Å². The fraction of sp³-hybridized carbons (Fsp3) is 0.296. The monoisotopic (exact) mass is 494 g/mol. The van der Waals surface area contributed by atoms with Gasteiger partial charge in [-0.2, -0.15) is 0 Å². The van der Waals surface area contributed by atoms with Gasteiger partial charge in [0.2, 0.25) is 10.0 Å². The molecule has 3 N–H and O–H groups in total. The summed E-state index contributed by atoms with van der Waals surface area (Å²) in [7, 11) is -2.34. The highest BCUT2D eigenvalue weighted by molar-refractivity contribution is 7.89. The molecule has 0 aromatic heterocycles. The Labute approximate surface area is 206 Å². The summed E-state index contributed by atoms with van der Waals surface area (Å²) in [4.78, 5) is 12.9. The Morgan fingerprint density at radius 2 is 1.80 bits per heavy atom. The Hall–Kier alpha value is -3.20. The molecule has 0 radical (unpaired) electrons. The molecule has 0 heterocycles. The van der Waals surface area contributed by atoms with Crippen LogP contribution < -0.4 is 14.8 Å². The number of aryl methyl sites for hydroxylation is 1. The van der Waals surface area contributed by atoms with E-state index in [-0.39, 0.29) is 16.7 Å². The molecule has 0 unspecified atom stereocenters. The van der Waals surface area contributed by atoms with Crippen LogP contribution in [0.1, 0.15) is 59.3 Å². The minimum Gasteiger partial charge on any atom is -0.497 e. The Morgan fingerprint density at radius 1 is 1.06 bits per heavy atom. The Morgan fingerprint density at radius 3 is 2.49 bits per heavy atom. The number of ether oxygens (including phenoxy) is 1. The van der Waals surface area contributed by atoms with E-state index >= 15 is 0 Å². The quantitative estimate of drug-likeness (QED) is 0.452. The lowest BCUT2D eigenvalue weighted by atomic mass is 9.86. The molecular weight excluding hydrogens is 464 g/mol. The second kappa shape index (κ2) is 10.2. The molecule has 35 heavy (non-hydrogen) atoms. The largest absolute Gasteiger partial charge is 0.497 e. The highest BCUT2D eigenvalue weighted by Gasteiger charge is 2.32. The number of sulfonamides is 1. The number of benzene rings is 3. The van der Waals surface area contributed by atoms with Crippen molar-refractivity contribution in [2.24, 2.45) is 0 Å². The summed E-state index contributed by atoms with van der Waals surface area (Å²) in [6.45, 7) is 4.09. The van der Waals surface area contributed by atoms with Crippen LogP contribution in [0.3, 0.4) is 0 Å². The Balaban J connectivity index is 1.59. The standard InChI is InChI=1S/C27H30N2O5S/c1-17(2)18-8-12-23(13-9-18)35(32,33)29-26-24-16-21(11-7-19(24)10-14-25(26)30)28-27(31)20-5-4-6-22(15-20)34-3/h4-9,11-13,15-17,25-26,29-30H,10,14H2,1-3H3,(H,28,31)/t25-,26-/m1/s1. The highest BCUT2D eigenvalue weighted by Crippen LogP contribution is 2.34. The van der Waals surface area contributed by atoms with Gasteiger partial charge in [0, 0.05) is 11.3 Å². The first-order valence-electron chi connectivity index (χ1n) is 11.6. The number of methoxy groups -OCH3 is 1. The summed E-state index contributed by atoms with van der Waals surface area (Å²) in [5.41, 5.74) is 3.57. The molecule has 4 rings (SSSR count). The summed E-state index contributed by atoms with van der Waals surface area (Å²) in [5.74, 6) is 0.544. The van der Waals surface area contributed by atoms with Crippen LogP contribution in [0.5, 0.6) is 5.75 Å². The number of aliphatic hydroxyl groups excluding tert-OH is 1. The third kappa shape index (κ3) is 5.56. The van der Waals surface area contributed by atoms with E-state index in [1.54, 1.807) is 60.7 Å². The SMILES string of the molecule is COc1cccc(C(=O)Nc2ccc3c(c2)[C@@H](NS(=O)(=O)c2ccc(C(C)C)cc2)[C@H](O)CC3)c1. The van der Waals surface area contributed by atoms with Gasteiger partial charge < -0.3 is 15.2 Å². The molecule has 3 aromatic rings. The Kier molecular flexibility index (Phi) is 7.25. The van der Waals surface area contributed by atoms with Crippen molar-refractivity contribution in [2.45, 2.75) is 49.6 Å². The number of aliphatic hydroxyl groups is 1. The van der Waals surface area contributed by atoms with Crippen LogP contribution in [0.15, 0.2) is 71.6 Å². The number of fused-ring (bicyclic) bond motifs is 1. The summed E-state index contributed by atoms with van der Waals surface area (Å²) in [6, 6.07) is 18.1. The molecule has 0 saturated carbocycles. The van der Waals surface area contributed by atoms with Gasteiger partial charge >= 0.3 is 0 Å². The van der Waals surface area contributed by atoms with Gasteiger partial charge in [0.1, 0.15) is 5.75 Å². The molecule has 0 spiro atoms. The zero-order valence-electron chi connectivity index (χ0n) is 20.0. The molecule has 2 atom stereocenters. The number of carbonyl (C=O) groups is 1. The van der Waals surface area contributed by atoms with Crippen LogP contribution >= 0.6 is 0 Å². The second-order valence-electron chi connectivity index (χ2n) is 9.03. The number of hydrogen-bond acceptors (Lipinski definition) is 5. The molecular formula is C27H30N2O5S. The van der Waals surface area contributed by atoms with E-state index in [4.69, 9.17) is 4.74 Å². The van der Waals surface area contributed by atoms with Gasteiger partial charge in [-0.1, -0.05) is 38.1 Å². The zero-order valence-corrected chi connectivity index (χ0v) is 20.8. The van der Waals surface area contributed by atoms with Crippen molar-refractivity contribution in [1.29, 1.82) is 0 Å². The molecule has 1 aliphatic carbocycles. The van der Waals surface area contributed by atoms with E-state index in [1.807, 2.05) is 19.9 Å². The van der Waals surface area contributed by atoms with Gasteiger partial charge in [-0.25, -0.2) is 13.1 Å². The number of amides is 1. The smallest absolute Gasteiger partial charge is 0.255 e. The molecule has 3 aromatic carbocycles. The van der Waals surface area contributed by atoms with Crippen molar-refractivity contribution in [3.05, 3.63) is 89.0 Å². The number of anilines is 1. The summed E-state index contributed by atoms with van der Waals surface area (Å²) < 4.78 is 34.2. The minimum atomic E-state index is -3.88. The third-order valence-corrected chi connectivity index (χ3v) is 7.76. The average molecular weight is 495 g/mol. The van der Waals surface area contributed by atoms with Crippen molar-refractivity contribution in [2.75, 3.05) is 12.4 Å². The first-order valence-corrected chi connectivity index (χ1v) is 13.0. The topological polar surface area (TPSA) is 105 Å². The van der Waals surface area contributed by atoms with Gasteiger partial charge in [0.05, 0.1) is 24.2 Å². The molecule has 0 bridgehead atoms. The van der Waals surface area contributed by atoms with Gasteiger partial charge in [-0.3, -0.25) is 4.79 Å². The van der Waals surface area contributed by atoms with E-state index in [9.17, 15) is 18.3 Å². The van der Waals surface area contributed by atoms with Crippen LogP contribution in [-0.2, 0) is 16.4 Å². The highest BCUT2D eigenvalue weighted by atomic mass is 32.2. The maximum atomic E-state index is 13.1. The van der Waals surface area contributed by atoms with Crippen LogP contribution in [0.25, 0.3) is 0 Å². The summed E-state index contributed by atoms with van der Waals surface area (Å²) >= 11 is 0. The fourth-order valence-electron chi connectivity index (χ4n) is 4.24. The number of nitrogens with one attached hydrogen (secondary N) is 2. The van der Waals surface area contributed by atoms with Crippen LogP contribution in [0, 0.1) is 0 Å². The van der Waals surface area contributed by atoms with Gasteiger partial charge in [0.15, 0.2) is 0 Å². The zero-order chi connectivity index (χ0) is 25.2. The van der Waals surface area contributed by atoms with Crippen molar-refractivity contribution < 1.29 is 23.1 Å². The lowest BCUT2D eigenvalue weighted by molar-refractivity contribution is 0.102. The van der Waals surface area contributed by atoms with E-state index < -0.39 is 22.2 Å². The van der Waals surface area contributed by atoms with Crippen molar-refractivity contribution >= 4 is 21.6 Å². The fourth-order valence-corrected chi connectivity index (χ4v) is 5.49. The molecule has 0 aliphatic heterocycles. The Bertz CT molecular complexity index is 1320. The predicted octanol–water partition coefficient (Wildman–Crippen LogP) is 4.40. The third-order valence-electron chi connectivity index (χ3n) is 6.30. The second-order valence-corrected chi connectivity index (χ2v) is 10.7. The minimum absolute atomic E-state index is 0.142. The lowest BCUT2D eigenvalue weighted by Gasteiger charge is -2.31. The van der Waals surface area contributed by atoms with Crippen molar-refractivity contribution in [3.8, 4) is 5.75 Å². The average Bonchev–Trinajstić information content (AvgIpc) is 2.86. The van der Waals surface area contributed by atoms with Crippen LogP contribution in [0.4, 0.5) is 5.69 Å². The lowest BCUT2D eigenvalue weighted by Crippen LogP contribution is -2.39. The van der Waals surface area contributed by atoms with E-state index in [0.29, 0.717) is 35.4 Å².